The second-order valence-corrected chi connectivity index (χ2v) is 11.1. The summed E-state index contributed by atoms with van der Waals surface area (Å²) >= 11 is 0. The summed E-state index contributed by atoms with van der Waals surface area (Å²) in [6.45, 7) is 12.2. The topological polar surface area (TPSA) is 69.7 Å². The van der Waals surface area contributed by atoms with Gasteiger partial charge >= 0.3 is 0 Å². The Labute approximate surface area is 223 Å². The fourth-order valence-electron chi connectivity index (χ4n) is 5.98. The van der Waals surface area contributed by atoms with Crippen molar-refractivity contribution in [2.45, 2.75) is 38.9 Å². The Hall–Kier alpha value is -3.30. The number of hydrogen-bond donors (Lipinski definition) is 1. The number of morpholine rings is 1. The minimum absolute atomic E-state index is 0.111. The Bertz CT molecular complexity index is 1290. The third kappa shape index (κ3) is 4.92. The zero-order valence-corrected chi connectivity index (χ0v) is 22.3. The number of aromatic nitrogens is 3. The molecule has 0 atom stereocenters. The zero-order valence-electron chi connectivity index (χ0n) is 22.3. The van der Waals surface area contributed by atoms with E-state index in [-0.39, 0.29) is 5.41 Å². The van der Waals surface area contributed by atoms with Crippen LogP contribution >= 0.6 is 0 Å². The molecule has 3 aliphatic rings. The molecule has 0 amide bonds. The maximum Gasteiger partial charge on any atom is 0.137 e. The van der Waals surface area contributed by atoms with Crippen LogP contribution in [0.4, 0.5) is 27.4 Å². The molecule has 0 spiro atoms. The first-order valence-electron chi connectivity index (χ1n) is 13.6. The lowest BCUT2D eigenvalue weighted by Gasteiger charge is -2.31. The highest BCUT2D eigenvalue weighted by Crippen LogP contribution is 2.42. The molecule has 2 aromatic heterocycles. The Morgan fingerprint density at radius 1 is 1.05 bits per heavy atom. The first-order chi connectivity index (χ1) is 18.5. The van der Waals surface area contributed by atoms with E-state index in [1.54, 1.807) is 24.7 Å². The van der Waals surface area contributed by atoms with Gasteiger partial charge in [-0.1, -0.05) is 26.0 Å². The molecule has 1 aromatic carbocycles. The highest BCUT2D eigenvalue weighted by atomic mass is 19.1. The molecular weight excluding hydrogens is 481 g/mol. The molecule has 8 nitrogen and oxygen atoms in total. The smallest absolute Gasteiger partial charge is 0.137 e. The van der Waals surface area contributed by atoms with E-state index in [2.05, 4.69) is 67.0 Å². The quantitative estimate of drug-likeness (QED) is 0.503. The van der Waals surface area contributed by atoms with E-state index in [1.165, 1.54) is 11.3 Å². The van der Waals surface area contributed by atoms with Gasteiger partial charge in [-0.25, -0.2) is 19.3 Å². The van der Waals surface area contributed by atoms with Crippen LogP contribution in [-0.2, 0) is 29.8 Å². The molecule has 0 radical (unpaired) electrons. The van der Waals surface area contributed by atoms with Gasteiger partial charge in [-0.05, 0) is 30.2 Å². The van der Waals surface area contributed by atoms with E-state index >= 15 is 0 Å². The summed E-state index contributed by atoms with van der Waals surface area (Å²) < 4.78 is 19.1. The van der Waals surface area contributed by atoms with E-state index in [9.17, 15) is 4.39 Å². The molecule has 0 bridgehead atoms. The van der Waals surface area contributed by atoms with Gasteiger partial charge in [0.1, 0.15) is 24.6 Å². The predicted molar refractivity (Wildman–Crippen MR) is 148 cm³/mol. The van der Waals surface area contributed by atoms with Gasteiger partial charge in [0.05, 0.1) is 25.5 Å². The van der Waals surface area contributed by atoms with E-state index in [0.29, 0.717) is 17.9 Å². The lowest BCUT2D eigenvalue weighted by atomic mass is 9.87. The molecule has 9 heteroatoms. The monoisotopic (exact) mass is 517 g/mol. The minimum atomic E-state index is -0.526. The highest BCUT2D eigenvalue weighted by Gasteiger charge is 2.35. The minimum Gasteiger partial charge on any atom is -0.379 e. The molecule has 1 fully saturated rings. The number of pyridine rings is 1. The van der Waals surface area contributed by atoms with Crippen LogP contribution in [0.15, 0.2) is 42.9 Å². The number of rotatable bonds is 7. The summed E-state index contributed by atoms with van der Waals surface area (Å²) in [6.07, 6.45) is 4.10. The molecule has 5 heterocycles. The van der Waals surface area contributed by atoms with E-state index in [0.717, 1.165) is 81.7 Å². The Balaban J connectivity index is 1.20. The Morgan fingerprint density at radius 2 is 1.92 bits per heavy atom. The first kappa shape index (κ1) is 25.0. The van der Waals surface area contributed by atoms with Crippen LogP contribution < -0.4 is 15.1 Å². The van der Waals surface area contributed by atoms with Crippen LogP contribution in [0, 0.1) is 0 Å². The molecule has 3 aliphatic heterocycles. The van der Waals surface area contributed by atoms with Crippen LogP contribution in [0.1, 0.15) is 36.2 Å². The third-order valence-corrected chi connectivity index (χ3v) is 8.02. The fourth-order valence-corrected chi connectivity index (χ4v) is 5.98. The molecule has 6 rings (SSSR count). The number of hydrogen-bond acceptors (Lipinski definition) is 8. The van der Waals surface area contributed by atoms with Crippen molar-refractivity contribution in [2.24, 2.45) is 0 Å². The molecule has 38 heavy (non-hydrogen) atoms. The number of anilines is 4. The van der Waals surface area contributed by atoms with Crippen molar-refractivity contribution in [1.29, 1.82) is 0 Å². The maximum absolute atomic E-state index is 13.5. The molecule has 1 N–H and O–H groups in total. The predicted octanol–water partition coefficient (Wildman–Crippen LogP) is 4.08. The van der Waals surface area contributed by atoms with Gasteiger partial charge in [0.2, 0.25) is 0 Å². The fraction of sp³-hybridized carbons (Fsp3) is 0.483. The van der Waals surface area contributed by atoms with Gasteiger partial charge in [0.15, 0.2) is 0 Å². The van der Waals surface area contributed by atoms with E-state index < -0.39 is 6.67 Å². The van der Waals surface area contributed by atoms with Crippen LogP contribution in [0.2, 0.25) is 0 Å². The molecule has 0 aliphatic carbocycles. The van der Waals surface area contributed by atoms with E-state index in [1.807, 2.05) is 0 Å². The third-order valence-electron chi connectivity index (χ3n) is 8.02. The number of fused-ring (bicyclic) bond motifs is 2. The molecule has 200 valence electrons. The number of ether oxygens (including phenoxy) is 1. The van der Waals surface area contributed by atoms with Crippen LogP contribution in [-0.4, -0.2) is 72.3 Å². The second kappa shape index (κ2) is 10.5. The van der Waals surface area contributed by atoms with Crippen LogP contribution in [0.3, 0.4) is 0 Å². The molecule has 3 aromatic rings. The van der Waals surface area contributed by atoms with Crippen molar-refractivity contribution in [3.8, 4) is 0 Å². The van der Waals surface area contributed by atoms with Crippen molar-refractivity contribution >= 4 is 23.0 Å². The Kier molecular flexibility index (Phi) is 6.88. The lowest BCUT2D eigenvalue weighted by Crippen LogP contribution is -2.42. The van der Waals surface area contributed by atoms with Gasteiger partial charge in [-0.15, -0.1) is 0 Å². The summed E-state index contributed by atoms with van der Waals surface area (Å²) in [5, 5.41) is 3.59. The van der Waals surface area contributed by atoms with Crippen molar-refractivity contribution in [2.75, 3.05) is 67.6 Å². The number of nitrogens with one attached hydrogen (secondary N) is 1. The number of nitrogens with zero attached hydrogens (tertiary/aromatic N) is 6. The van der Waals surface area contributed by atoms with Crippen molar-refractivity contribution in [3.05, 3.63) is 65.2 Å². The first-order valence-corrected chi connectivity index (χ1v) is 13.6. The number of benzene rings is 1. The van der Waals surface area contributed by atoms with Gasteiger partial charge < -0.3 is 19.9 Å². The molecule has 0 saturated carbocycles. The van der Waals surface area contributed by atoms with Crippen LogP contribution in [0.25, 0.3) is 0 Å². The summed E-state index contributed by atoms with van der Waals surface area (Å²) in [7, 11) is 0. The summed E-state index contributed by atoms with van der Waals surface area (Å²) in [6, 6.07) is 10.3. The van der Waals surface area contributed by atoms with Gasteiger partial charge in [-0.2, -0.15) is 0 Å². The van der Waals surface area contributed by atoms with E-state index in [4.69, 9.17) is 4.74 Å². The second-order valence-electron chi connectivity index (χ2n) is 11.1. The molecule has 0 unspecified atom stereocenters. The Morgan fingerprint density at radius 3 is 2.76 bits per heavy atom. The van der Waals surface area contributed by atoms with Gasteiger partial charge in [0.25, 0.3) is 0 Å². The summed E-state index contributed by atoms with van der Waals surface area (Å²) in [5.74, 6) is 1.55. The average Bonchev–Trinajstić information content (AvgIpc) is 3.21. The van der Waals surface area contributed by atoms with Crippen LogP contribution in [0.5, 0.6) is 0 Å². The zero-order chi connectivity index (χ0) is 26.1. The van der Waals surface area contributed by atoms with Gasteiger partial charge in [0, 0.05) is 73.4 Å². The van der Waals surface area contributed by atoms with Crippen molar-refractivity contribution < 1.29 is 9.13 Å². The standard InChI is InChI=1S/C29H36FN7O/c1-29(2)19-37(11-10-35-12-14-38-15-13-35)26-16-22(5-6-24(26)29)34-27-23-7-9-36(18-25(23)32-20-33-27)28-21(17-30)4-3-8-31-28/h3-6,8,16,20H,7,9-15,17-19H2,1-2H3,(H,32,33,34). The highest BCUT2D eigenvalue weighted by molar-refractivity contribution is 5.72. The number of alkyl halides is 1. The lowest BCUT2D eigenvalue weighted by molar-refractivity contribution is 0.0391. The SMILES string of the molecule is CC1(C)CN(CCN2CCOCC2)c2cc(Nc3ncnc4c3CCN(c3ncccc3CF)C4)ccc21. The van der Waals surface area contributed by atoms with Crippen molar-refractivity contribution in [3.63, 3.8) is 0 Å². The normalized spacial score (nSPS) is 18.8. The maximum atomic E-state index is 13.5. The largest absolute Gasteiger partial charge is 0.379 e. The van der Waals surface area contributed by atoms with Crippen molar-refractivity contribution in [1.82, 2.24) is 19.9 Å². The molecular formula is C29H36FN7O. The number of halogens is 1. The average molecular weight is 518 g/mol. The molecule has 1 saturated heterocycles. The summed E-state index contributed by atoms with van der Waals surface area (Å²) in [5.41, 5.74) is 6.53. The van der Waals surface area contributed by atoms with Gasteiger partial charge in [-0.3, -0.25) is 4.90 Å². The summed E-state index contributed by atoms with van der Waals surface area (Å²) in [4.78, 5) is 20.8.